The number of amides is 1. The fourth-order valence-corrected chi connectivity index (χ4v) is 5.58. The molecule has 1 amide bonds. The van der Waals surface area contributed by atoms with E-state index in [0.29, 0.717) is 12.3 Å². The highest BCUT2D eigenvalue weighted by Gasteiger charge is 2.45. The van der Waals surface area contributed by atoms with Gasteiger partial charge in [0, 0.05) is 44.0 Å². The van der Waals surface area contributed by atoms with Crippen LogP contribution in [-0.4, -0.2) is 65.4 Å². The molecule has 2 aromatic carbocycles. The normalized spacial score (nSPS) is 18.9. The van der Waals surface area contributed by atoms with Crippen molar-refractivity contribution in [3.8, 4) is 5.75 Å². The number of hydrogen-bond acceptors (Lipinski definition) is 6. The van der Waals surface area contributed by atoms with Crippen LogP contribution < -0.4 is 15.8 Å². The number of aliphatic hydroxyl groups excluding tert-OH is 1. The summed E-state index contributed by atoms with van der Waals surface area (Å²) < 4.78 is 6.29. The van der Waals surface area contributed by atoms with E-state index in [2.05, 4.69) is 34.5 Å². The van der Waals surface area contributed by atoms with Gasteiger partial charge in [0.15, 0.2) is 5.60 Å². The van der Waals surface area contributed by atoms with Crippen LogP contribution in [0.3, 0.4) is 0 Å². The van der Waals surface area contributed by atoms with Gasteiger partial charge in [0.1, 0.15) is 12.0 Å². The first-order valence-corrected chi connectivity index (χ1v) is 13.5. The minimum Gasteiger partial charge on any atom is -0.478 e. The Balaban J connectivity index is 1.29. The first-order valence-electron chi connectivity index (χ1n) is 13.5. The number of nitrogens with zero attached hydrogens (tertiary/aromatic N) is 2. The lowest BCUT2D eigenvalue weighted by Gasteiger charge is -2.40. The molecule has 7 heteroatoms. The van der Waals surface area contributed by atoms with Gasteiger partial charge in [-0.25, -0.2) is 0 Å². The molecule has 4 N–H and O–H groups in total. The summed E-state index contributed by atoms with van der Waals surface area (Å²) in [6.07, 6.45) is 3.26. The van der Waals surface area contributed by atoms with Gasteiger partial charge < -0.3 is 20.5 Å². The van der Waals surface area contributed by atoms with Crippen molar-refractivity contribution in [2.45, 2.75) is 83.7 Å². The Morgan fingerprint density at radius 3 is 2.41 bits per heavy atom. The molecular weight excluding hydrogens is 464 g/mol. The van der Waals surface area contributed by atoms with Gasteiger partial charge in [-0.3, -0.25) is 15.0 Å². The van der Waals surface area contributed by atoms with E-state index in [1.54, 1.807) is 0 Å². The highest BCUT2D eigenvalue weighted by atomic mass is 16.5. The fourth-order valence-electron chi connectivity index (χ4n) is 5.58. The molecule has 0 radical (unpaired) electrons. The van der Waals surface area contributed by atoms with Crippen LogP contribution in [0.5, 0.6) is 5.75 Å². The minimum atomic E-state index is -0.998. The molecule has 1 atom stereocenters. The number of carbonyl (C=O) groups is 1. The number of likely N-dealkylation sites (tertiary alicyclic amines) is 1. The number of benzene rings is 2. The van der Waals surface area contributed by atoms with Gasteiger partial charge in [-0.05, 0) is 88.6 Å². The van der Waals surface area contributed by atoms with Crippen LogP contribution in [0.1, 0.15) is 61.8 Å². The second-order valence-electron chi connectivity index (χ2n) is 11.5. The zero-order valence-electron chi connectivity index (χ0n) is 23.3. The van der Waals surface area contributed by atoms with Gasteiger partial charge in [0.25, 0.3) is 5.91 Å². The molecule has 202 valence electrons. The zero-order chi connectivity index (χ0) is 27.0. The number of carbonyl (C=O) groups excluding carboxylic acids is 1. The third kappa shape index (κ3) is 5.95. The average Bonchev–Trinajstić information content (AvgIpc) is 3.66. The average molecular weight is 509 g/mol. The highest BCUT2D eigenvalue weighted by molar-refractivity contribution is 5.85. The largest absolute Gasteiger partial charge is 0.478 e. The quantitative estimate of drug-likeness (QED) is 0.352. The third-order valence-corrected chi connectivity index (χ3v) is 8.36. The molecule has 0 spiro atoms. The molecule has 4 rings (SSSR count). The molecule has 1 saturated carbocycles. The number of β-amino-alcohol motifs (C(OH)–C–C–N with tert-alkyl or cyclic N) is 1. The summed E-state index contributed by atoms with van der Waals surface area (Å²) >= 11 is 0. The van der Waals surface area contributed by atoms with Crippen molar-refractivity contribution < 1.29 is 14.6 Å². The van der Waals surface area contributed by atoms with Crippen LogP contribution in [0.2, 0.25) is 0 Å². The number of nitrogen functional groups attached to an aromatic ring is 1. The number of aryl methyl sites for hydroxylation is 1. The number of hydrogen-bond donors (Lipinski definition) is 3. The predicted octanol–water partition coefficient (Wildman–Crippen LogP) is 3.87. The van der Waals surface area contributed by atoms with Gasteiger partial charge in [-0.2, -0.15) is 0 Å². The lowest BCUT2D eigenvalue weighted by molar-refractivity contribution is -0.147. The van der Waals surface area contributed by atoms with Crippen LogP contribution >= 0.6 is 0 Å². The highest BCUT2D eigenvalue weighted by Crippen LogP contribution is 2.45. The summed E-state index contributed by atoms with van der Waals surface area (Å²) in [4.78, 5) is 17.6. The minimum absolute atomic E-state index is 0.0299. The van der Waals surface area contributed by atoms with Crippen LogP contribution in [-0.2, 0) is 10.3 Å². The molecule has 2 fully saturated rings. The maximum Gasteiger partial charge on any atom is 0.266 e. The Morgan fingerprint density at radius 2 is 1.81 bits per heavy atom. The van der Waals surface area contributed by atoms with E-state index in [1.165, 1.54) is 5.56 Å². The number of nitrogens with one attached hydrogen (secondary N) is 1. The topological polar surface area (TPSA) is 91.1 Å². The molecule has 1 aliphatic heterocycles. The van der Waals surface area contributed by atoms with Crippen molar-refractivity contribution >= 4 is 11.6 Å². The summed E-state index contributed by atoms with van der Waals surface area (Å²) in [6, 6.07) is 12.5. The molecule has 1 heterocycles. The SMILES string of the molecule is Cc1cc(OC(C)(C)C(=O)N(C)C2CCN(CC(O)NC3(c4ccccc4)CC3)CC2)c(C)c(C)c1N. The van der Waals surface area contributed by atoms with E-state index in [0.717, 1.165) is 61.2 Å². The Labute approximate surface area is 222 Å². The molecule has 0 aromatic heterocycles. The number of aliphatic hydroxyl groups is 1. The number of nitrogens with two attached hydrogens (primary N) is 1. The van der Waals surface area contributed by atoms with Gasteiger partial charge in [-0.1, -0.05) is 30.3 Å². The number of rotatable bonds is 9. The summed E-state index contributed by atoms with van der Waals surface area (Å²) in [6.45, 7) is 11.9. The predicted molar refractivity (Wildman–Crippen MR) is 149 cm³/mol. The van der Waals surface area contributed by atoms with E-state index in [9.17, 15) is 9.90 Å². The first-order chi connectivity index (χ1) is 17.4. The molecule has 1 unspecified atom stereocenters. The van der Waals surface area contributed by atoms with Crippen molar-refractivity contribution in [2.75, 3.05) is 32.4 Å². The lowest BCUT2D eigenvalue weighted by atomic mass is 9.99. The van der Waals surface area contributed by atoms with Crippen LogP contribution in [0, 0.1) is 20.8 Å². The van der Waals surface area contributed by atoms with E-state index in [1.807, 2.05) is 58.7 Å². The Hall–Kier alpha value is -2.61. The summed E-state index contributed by atoms with van der Waals surface area (Å²) in [7, 11) is 1.88. The smallest absolute Gasteiger partial charge is 0.266 e. The molecule has 37 heavy (non-hydrogen) atoms. The van der Waals surface area contributed by atoms with Crippen molar-refractivity contribution in [1.82, 2.24) is 15.1 Å². The van der Waals surface area contributed by atoms with Crippen molar-refractivity contribution in [2.24, 2.45) is 0 Å². The van der Waals surface area contributed by atoms with Crippen molar-refractivity contribution in [1.29, 1.82) is 0 Å². The Bertz CT molecular complexity index is 1110. The van der Waals surface area contributed by atoms with Gasteiger partial charge in [-0.15, -0.1) is 0 Å². The van der Waals surface area contributed by atoms with Gasteiger partial charge in [0.2, 0.25) is 0 Å². The molecule has 2 aliphatic rings. The fraction of sp³-hybridized carbons (Fsp3) is 0.567. The molecule has 0 bridgehead atoms. The molecule has 1 aliphatic carbocycles. The first kappa shape index (κ1) is 27.4. The lowest BCUT2D eigenvalue weighted by Crippen LogP contribution is -2.54. The van der Waals surface area contributed by atoms with Crippen LogP contribution in [0.4, 0.5) is 5.69 Å². The second kappa shape index (κ2) is 10.6. The monoisotopic (exact) mass is 508 g/mol. The zero-order valence-corrected chi connectivity index (χ0v) is 23.3. The Morgan fingerprint density at radius 1 is 1.19 bits per heavy atom. The van der Waals surface area contributed by atoms with E-state index in [-0.39, 0.29) is 17.5 Å². The van der Waals surface area contributed by atoms with Gasteiger partial charge >= 0.3 is 0 Å². The standard InChI is InChI=1S/C30H44N4O3/c1-20-18-25(21(2)22(3)27(20)31)37-29(4,5)28(36)33(6)24-12-16-34(17-13-24)19-26(35)32-30(14-15-30)23-10-8-7-9-11-23/h7-11,18,24,26,32,35H,12-17,19,31H2,1-6H3. The number of likely N-dealkylation sites (N-methyl/N-ethyl adjacent to an activating group) is 1. The number of piperidine rings is 1. The molecular formula is C30H44N4O3. The maximum absolute atomic E-state index is 13.5. The second-order valence-corrected chi connectivity index (χ2v) is 11.5. The third-order valence-electron chi connectivity index (χ3n) is 8.36. The van der Waals surface area contributed by atoms with E-state index >= 15 is 0 Å². The summed E-state index contributed by atoms with van der Waals surface area (Å²) in [5.74, 6) is 0.675. The van der Waals surface area contributed by atoms with Gasteiger partial charge in [0.05, 0.1) is 0 Å². The van der Waals surface area contributed by atoms with Crippen LogP contribution in [0.25, 0.3) is 0 Å². The number of ether oxygens (including phenoxy) is 1. The molecule has 2 aromatic rings. The summed E-state index contributed by atoms with van der Waals surface area (Å²) in [5, 5.41) is 14.3. The van der Waals surface area contributed by atoms with E-state index in [4.69, 9.17) is 10.5 Å². The van der Waals surface area contributed by atoms with Crippen molar-refractivity contribution in [3.63, 3.8) is 0 Å². The number of anilines is 1. The Kier molecular flexibility index (Phi) is 7.88. The molecule has 1 saturated heterocycles. The van der Waals surface area contributed by atoms with Crippen molar-refractivity contribution in [3.05, 3.63) is 58.7 Å². The van der Waals surface area contributed by atoms with E-state index < -0.39 is 11.8 Å². The molecule has 7 nitrogen and oxygen atoms in total. The van der Waals surface area contributed by atoms with Crippen LogP contribution in [0.15, 0.2) is 36.4 Å². The summed E-state index contributed by atoms with van der Waals surface area (Å²) in [5.41, 5.74) is 10.0. The maximum atomic E-state index is 13.5.